The van der Waals surface area contributed by atoms with Gasteiger partial charge >= 0.3 is 5.97 Å². The topological polar surface area (TPSA) is 58.6 Å². The zero-order valence-corrected chi connectivity index (χ0v) is 10.6. The Hall–Kier alpha value is -1.81. The highest BCUT2D eigenvalue weighted by atomic mass is 16.5. The van der Waals surface area contributed by atoms with Gasteiger partial charge in [-0.15, -0.1) is 0 Å². The monoisotopic (exact) mass is 249 g/mol. The van der Waals surface area contributed by atoms with E-state index in [1.807, 2.05) is 30.3 Å². The first-order valence-electron chi connectivity index (χ1n) is 5.97. The maximum atomic E-state index is 10.4. The number of rotatable bonds is 8. The van der Waals surface area contributed by atoms with Gasteiger partial charge in [0.05, 0.1) is 6.61 Å². The average Bonchev–Trinajstić information content (AvgIpc) is 2.34. The molecule has 0 spiro atoms. The number of para-hydroxylation sites is 1. The lowest BCUT2D eigenvalue weighted by atomic mass is 10.3. The van der Waals surface area contributed by atoms with Gasteiger partial charge in [-0.25, -0.2) is 4.79 Å². The molecule has 0 saturated heterocycles. The van der Waals surface area contributed by atoms with Crippen molar-refractivity contribution in [2.45, 2.75) is 13.3 Å². The predicted octanol–water partition coefficient (Wildman–Crippen LogP) is 2.08. The average molecular weight is 249 g/mol. The van der Waals surface area contributed by atoms with Crippen LogP contribution in [0.25, 0.3) is 0 Å². The SMILES string of the molecule is C/C(=C/C(=O)O)CNCCCOc1ccccc1. The number of carboxylic acids is 1. The summed E-state index contributed by atoms with van der Waals surface area (Å²) in [5.41, 5.74) is 0.812. The number of benzene rings is 1. The highest BCUT2D eigenvalue weighted by Crippen LogP contribution is 2.07. The van der Waals surface area contributed by atoms with Crippen LogP contribution in [0.4, 0.5) is 0 Å². The lowest BCUT2D eigenvalue weighted by Gasteiger charge is -2.07. The Morgan fingerprint density at radius 3 is 2.78 bits per heavy atom. The summed E-state index contributed by atoms with van der Waals surface area (Å²) in [4.78, 5) is 10.4. The summed E-state index contributed by atoms with van der Waals surface area (Å²) in [5, 5.41) is 11.7. The molecule has 0 fully saturated rings. The molecule has 2 N–H and O–H groups in total. The van der Waals surface area contributed by atoms with Crippen molar-refractivity contribution in [2.75, 3.05) is 19.7 Å². The second-order valence-electron chi connectivity index (χ2n) is 4.02. The molecule has 0 amide bonds. The summed E-state index contributed by atoms with van der Waals surface area (Å²) in [6.45, 7) is 3.84. The molecule has 1 aromatic rings. The molecule has 0 aromatic heterocycles. The molecule has 1 rings (SSSR count). The van der Waals surface area contributed by atoms with Crippen molar-refractivity contribution in [1.82, 2.24) is 5.32 Å². The number of carbonyl (C=O) groups is 1. The van der Waals surface area contributed by atoms with E-state index in [1.54, 1.807) is 6.92 Å². The van der Waals surface area contributed by atoms with Gasteiger partial charge in [0.25, 0.3) is 0 Å². The van der Waals surface area contributed by atoms with Gasteiger partial charge in [0, 0.05) is 12.6 Å². The Morgan fingerprint density at radius 2 is 2.11 bits per heavy atom. The number of hydrogen-bond donors (Lipinski definition) is 2. The third kappa shape index (κ3) is 6.70. The summed E-state index contributed by atoms with van der Waals surface area (Å²) >= 11 is 0. The van der Waals surface area contributed by atoms with Crippen LogP contribution >= 0.6 is 0 Å². The van der Waals surface area contributed by atoms with Crippen molar-refractivity contribution in [2.24, 2.45) is 0 Å². The Bertz CT molecular complexity index is 387. The summed E-state index contributed by atoms with van der Waals surface area (Å²) < 4.78 is 5.53. The molecule has 0 aliphatic heterocycles. The van der Waals surface area contributed by atoms with Crippen molar-refractivity contribution in [3.8, 4) is 5.75 Å². The molecule has 0 aliphatic carbocycles. The van der Waals surface area contributed by atoms with E-state index in [0.29, 0.717) is 13.2 Å². The highest BCUT2D eigenvalue weighted by Gasteiger charge is 1.95. The summed E-state index contributed by atoms with van der Waals surface area (Å²) in [6.07, 6.45) is 2.10. The fourth-order valence-corrected chi connectivity index (χ4v) is 1.45. The van der Waals surface area contributed by atoms with E-state index in [1.165, 1.54) is 6.08 Å². The van der Waals surface area contributed by atoms with Gasteiger partial charge in [-0.2, -0.15) is 0 Å². The van der Waals surface area contributed by atoms with Crippen LogP contribution in [0.15, 0.2) is 42.0 Å². The van der Waals surface area contributed by atoms with Crippen LogP contribution in [0.3, 0.4) is 0 Å². The van der Waals surface area contributed by atoms with E-state index < -0.39 is 5.97 Å². The second-order valence-corrected chi connectivity index (χ2v) is 4.02. The minimum absolute atomic E-state index is 0.595. The van der Waals surface area contributed by atoms with Crippen LogP contribution in [0, 0.1) is 0 Å². The summed E-state index contributed by atoms with van der Waals surface area (Å²) in [5.74, 6) is -0.0267. The van der Waals surface area contributed by atoms with E-state index in [0.717, 1.165) is 24.3 Å². The molecule has 0 bridgehead atoms. The van der Waals surface area contributed by atoms with E-state index >= 15 is 0 Å². The zero-order valence-electron chi connectivity index (χ0n) is 10.6. The molecular formula is C14H19NO3. The summed E-state index contributed by atoms with van der Waals surface area (Å²) in [7, 11) is 0. The van der Waals surface area contributed by atoms with Crippen molar-refractivity contribution in [3.63, 3.8) is 0 Å². The van der Waals surface area contributed by atoms with Crippen LogP contribution < -0.4 is 10.1 Å². The molecule has 0 aliphatic rings. The zero-order chi connectivity index (χ0) is 13.2. The molecule has 18 heavy (non-hydrogen) atoms. The molecule has 98 valence electrons. The van der Waals surface area contributed by atoms with Gasteiger partial charge in [-0.1, -0.05) is 23.8 Å². The molecule has 4 heteroatoms. The third-order valence-electron chi connectivity index (χ3n) is 2.28. The first kappa shape index (κ1) is 14.3. The number of ether oxygens (including phenoxy) is 1. The molecular weight excluding hydrogens is 230 g/mol. The maximum Gasteiger partial charge on any atom is 0.328 e. The first-order chi connectivity index (χ1) is 8.68. The normalized spacial score (nSPS) is 11.3. The Labute approximate surface area is 107 Å². The standard InChI is InChI=1S/C14H19NO3/c1-12(10-14(16)17)11-15-8-5-9-18-13-6-3-2-4-7-13/h2-4,6-7,10,15H,5,8-9,11H2,1H3,(H,16,17)/b12-10-. The van der Waals surface area contributed by atoms with Gasteiger partial charge in [0.2, 0.25) is 0 Å². The quantitative estimate of drug-likeness (QED) is 0.547. The smallest absolute Gasteiger partial charge is 0.328 e. The number of aliphatic carboxylic acids is 1. The number of carboxylic acid groups (broad SMARTS) is 1. The van der Waals surface area contributed by atoms with Crippen LogP contribution in [0.5, 0.6) is 5.75 Å². The third-order valence-corrected chi connectivity index (χ3v) is 2.28. The minimum atomic E-state index is -0.901. The molecule has 4 nitrogen and oxygen atoms in total. The van der Waals surface area contributed by atoms with E-state index in [2.05, 4.69) is 5.32 Å². The molecule has 0 radical (unpaired) electrons. The minimum Gasteiger partial charge on any atom is -0.494 e. The van der Waals surface area contributed by atoms with E-state index in [9.17, 15) is 4.79 Å². The maximum absolute atomic E-state index is 10.4. The van der Waals surface area contributed by atoms with Gasteiger partial charge in [0.1, 0.15) is 5.75 Å². The van der Waals surface area contributed by atoms with E-state index in [-0.39, 0.29) is 0 Å². The molecule has 1 aromatic carbocycles. The molecule has 0 heterocycles. The fraction of sp³-hybridized carbons (Fsp3) is 0.357. The fourth-order valence-electron chi connectivity index (χ4n) is 1.45. The van der Waals surface area contributed by atoms with Gasteiger partial charge < -0.3 is 15.2 Å². The number of nitrogens with one attached hydrogen (secondary N) is 1. The summed E-state index contributed by atoms with van der Waals surface area (Å²) in [6, 6.07) is 9.67. The van der Waals surface area contributed by atoms with Crippen molar-refractivity contribution >= 4 is 5.97 Å². The van der Waals surface area contributed by atoms with Crippen LogP contribution in [-0.4, -0.2) is 30.8 Å². The highest BCUT2D eigenvalue weighted by molar-refractivity contribution is 5.80. The Balaban J connectivity index is 2.04. The van der Waals surface area contributed by atoms with Crippen molar-refractivity contribution in [3.05, 3.63) is 42.0 Å². The lowest BCUT2D eigenvalue weighted by molar-refractivity contribution is -0.131. The molecule has 0 atom stereocenters. The Kier molecular flexibility index (Phi) is 6.58. The molecule has 0 saturated carbocycles. The first-order valence-corrected chi connectivity index (χ1v) is 5.97. The Morgan fingerprint density at radius 1 is 1.39 bits per heavy atom. The number of hydrogen-bond acceptors (Lipinski definition) is 3. The predicted molar refractivity (Wildman–Crippen MR) is 70.8 cm³/mol. The van der Waals surface area contributed by atoms with Gasteiger partial charge in [-0.3, -0.25) is 0 Å². The second kappa shape index (κ2) is 8.31. The van der Waals surface area contributed by atoms with Crippen LogP contribution in [-0.2, 0) is 4.79 Å². The van der Waals surface area contributed by atoms with Crippen molar-refractivity contribution < 1.29 is 14.6 Å². The van der Waals surface area contributed by atoms with Gasteiger partial charge in [0.15, 0.2) is 0 Å². The van der Waals surface area contributed by atoms with Gasteiger partial charge in [-0.05, 0) is 32.0 Å². The molecule has 0 unspecified atom stereocenters. The van der Waals surface area contributed by atoms with Crippen LogP contribution in [0.2, 0.25) is 0 Å². The van der Waals surface area contributed by atoms with E-state index in [4.69, 9.17) is 9.84 Å². The largest absolute Gasteiger partial charge is 0.494 e. The lowest BCUT2D eigenvalue weighted by Crippen LogP contribution is -2.19. The van der Waals surface area contributed by atoms with Crippen LogP contribution in [0.1, 0.15) is 13.3 Å². The van der Waals surface area contributed by atoms with Crippen molar-refractivity contribution in [1.29, 1.82) is 0 Å².